The molecule has 1 unspecified atom stereocenters. The molecule has 5 rings (SSSR count). The number of aromatic nitrogens is 3. The molecular weight excluding hydrogens is 480 g/mol. The summed E-state index contributed by atoms with van der Waals surface area (Å²) in [5, 5.41) is 4.50. The third kappa shape index (κ3) is 5.35. The van der Waals surface area contributed by atoms with Crippen molar-refractivity contribution in [2.24, 2.45) is 0 Å². The average Bonchev–Trinajstić information content (AvgIpc) is 3.54. The number of aryl methyl sites for hydroxylation is 2. The molecule has 8 nitrogen and oxygen atoms in total. The summed E-state index contributed by atoms with van der Waals surface area (Å²) < 4.78 is 14.3. The monoisotopic (exact) mass is 518 g/mol. The minimum Gasteiger partial charge on any atom is -0.497 e. The molecule has 0 spiro atoms. The van der Waals surface area contributed by atoms with Crippen molar-refractivity contribution in [3.8, 4) is 5.75 Å². The molecule has 2 aromatic heterocycles. The molecule has 1 fully saturated rings. The van der Waals surface area contributed by atoms with E-state index in [1.807, 2.05) is 45.9 Å². The summed E-state index contributed by atoms with van der Waals surface area (Å²) in [5.41, 5.74) is 5.36. The van der Waals surface area contributed by atoms with Crippen LogP contribution >= 0.6 is 0 Å². The van der Waals surface area contributed by atoms with Gasteiger partial charge in [-0.05, 0) is 96.0 Å². The zero-order chi connectivity index (χ0) is 27.2. The third-order valence-corrected chi connectivity index (χ3v) is 7.50. The van der Waals surface area contributed by atoms with Gasteiger partial charge in [0.25, 0.3) is 5.91 Å². The second-order valence-corrected chi connectivity index (χ2v) is 11.6. The molecule has 3 aromatic rings. The first-order valence-corrected chi connectivity index (χ1v) is 13.5. The van der Waals surface area contributed by atoms with Gasteiger partial charge in [0.05, 0.1) is 18.4 Å². The summed E-state index contributed by atoms with van der Waals surface area (Å²) in [4.78, 5) is 28.7. The zero-order valence-electron chi connectivity index (χ0n) is 23.3. The maximum Gasteiger partial charge on any atom is 0.435 e. The standard InChI is InChI=1S/C30H38N4O4/c1-19-15-26(20(2)32(19)17-21-7-12-25(37-6)13-8-21)28(35)34(23-9-10-23)24-11-14-27-22(16-24)18-33(31-27)29(36)38-30(3,4)5/h7-8,12-13,15,18,23-24H,9-11,14,16-17H2,1-6H3. The van der Waals surface area contributed by atoms with E-state index in [4.69, 9.17) is 9.47 Å². The number of hydrogen-bond acceptors (Lipinski definition) is 5. The van der Waals surface area contributed by atoms with Gasteiger partial charge >= 0.3 is 6.09 Å². The van der Waals surface area contributed by atoms with Crippen LogP contribution in [0.15, 0.2) is 36.5 Å². The second-order valence-electron chi connectivity index (χ2n) is 11.6. The Hall–Kier alpha value is -3.55. The van der Waals surface area contributed by atoms with Crippen LogP contribution in [-0.2, 0) is 24.1 Å². The Morgan fingerprint density at radius 2 is 1.79 bits per heavy atom. The fourth-order valence-electron chi connectivity index (χ4n) is 5.42. The highest BCUT2D eigenvalue weighted by Crippen LogP contribution is 2.35. The lowest BCUT2D eigenvalue weighted by Crippen LogP contribution is -2.45. The van der Waals surface area contributed by atoms with Gasteiger partial charge in [-0.3, -0.25) is 4.79 Å². The summed E-state index contributed by atoms with van der Waals surface area (Å²) in [6, 6.07) is 10.5. The molecular formula is C30H38N4O4. The minimum atomic E-state index is -0.582. The molecule has 38 heavy (non-hydrogen) atoms. The molecule has 0 aliphatic heterocycles. The molecule has 8 heteroatoms. The first-order valence-electron chi connectivity index (χ1n) is 13.5. The number of hydrogen-bond donors (Lipinski definition) is 0. The van der Waals surface area contributed by atoms with Gasteiger partial charge in [-0.1, -0.05) is 12.1 Å². The maximum absolute atomic E-state index is 14.0. The molecule has 0 radical (unpaired) electrons. The van der Waals surface area contributed by atoms with Crippen LogP contribution in [0.3, 0.4) is 0 Å². The molecule has 0 saturated heterocycles. The first-order chi connectivity index (χ1) is 18.0. The van der Waals surface area contributed by atoms with Gasteiger partial charge in [-0.15, -0.1) is 0 Å². The van der Waals surface area contributed by atoms with E-state index in [0.717, 1.165) is 65.2 Å². The first kappa shape index (κ1) is 26.1. The van der Waals surface area contributed by atoms with E-state index in [2.05, 4.69) is 33.6 Å². The Morgan fingerprint density at radius 3 is 2.42 bits per heavy atom. The fraction of sp³-hybridized carbons (Fsp3) is 0.500. The quantitative estimate of drug-likeness (QED) is 0.442. The molecule has 0 N–H and O–H groups in total. The van der Waals surface area contributed by atoms with E-state index in [1.165, 1.54) is 4.68 Å². The lowest BCUT2D eigenvalue weighted by molar-refractivity contribution is 0.0513. The van der Waals surface area contributed by atoms with Gasteiger partial charge in [-0.2, -0.15) is 9.78 Å². The van der Waals surface area contributed by atoms with Crippen molar-refractivity contribution in [1.82, 2.24) is 19.2 Å². The molecule has 2 aliphatic rings. The van der Waals surface area contributed by atoms with Gasteiger partial charge in [0, 0.05) is 36.2 Å². The Balaban J connectivity index is 1.35. The number of amides is 1. The Bertz CT molecular complexity index is 1340. The molecule has 1 atom stereocenters. The van der Waals surface area contributed by atoms with Gasteiger partial charge in [0.2, 0.25) is 0 Å². The summed E-state index contributed by atoms with van der Waals surface area (Å²) in [5.74, 6) is 0.937. The summed E-state index contributed by atoms with van der Waals surface area (Å²) in [6.45, 7) is 10.3. The van der Waals surface area contributed by atoms with E-state index in [9.17, 15) is 9.59 Å². The number of carbonyl (C=O) groups is 2. The third-order valence-electron chi connectivity index (χ3n) is 7.50. The summed E-state index contributed by atoms with van der Waals surface area (Å²) in [7, 11) is 1.67. The van der Waals surface area contributed by atoms with Crippen molar-refractivity contribution in [3.63, 3.8) is 0 Å². The number of ether oxygens (including phenoxy) is 2. The minimum absolute atomic E-state index is 0.0865. The van der Waals surface area contributed by atoms with E-state index < -0.39 is 11.7 Å². The number of nitrogens with zero attached hydrogens (tertiary/aromatic N) is 4. The van der Waals surface area contributed by atoms with Crippen LogP contribution < -0.4 is 4.74 Å². The number of carbonyl (C=O) groups excluding carboxylic acids is 2. The summed E-state index contributed by atoms with van der Waals surface area (Å²) >= 11 is 0. The van der Waals surface area contributed by atoms with Crippen LogP contribution in [0.4, 0.5) is 4.79 Å². The van der Waals surface area contributed by atoms with E-state index in [-0.39, 0.29) is 18.0 Å². The van der Waals surface area contributed by atoms with Gasteiger partial charge < -0.3 is 18.9 Å². The highest BCUT2D eigenvalue weighted by molar-refractivity contribution is 5.96. The Labute approximate surface area is 224 Å². The second kappa shape index (κ2) is 9.97. The predicted molar refractivity (Wildman–Crippen MR) is 145 cm³/mol. The van der Waals surface area contributed by atoms with Gasteiger partial charge in [0.15, 0.2) is 0 Å². The van der Waals surface area contributed by atoms with E-state index in [1.54, 1.807) is 13.3 Å². The number of rotatable bonds is 6. The Kier molecular flexibility index (Phi) is 6.84. The molecule has 2 heterocycles. The van der Waals surface area contributed by atoms with Crippen LogP contribution in [0.5, 0.6) is 5.75 Å². The molecule has 1 saturated carbocycles. The van der Waals surface area contributed by atoms with Crippen molar-refractivity contribution in [2.75, 3.05) is 7.11 Å². The fourth-order valence-corrected chi connectivity index (χ4v) is 5.42. The normalized spacial score (nSPS) is 17.2. The highest BCUT2D eigenvalue weighted by Gasteiger charge is 2.40. The van der Waals surface area contributed by atoms with Crippen LogP contribution in [0, 0.1) is 13.8 Å². The maximum atomic E-state index is 14.0. The van der Waals surface area contributed by atoms with Crippen LogP contribution in [0.25, 0.3) is 0 Å². The van der Waals surface area contributed by atoms with E-state index >= 15 is 0 Å². The van der Waals surface area contributed by atoms with Crippen molar-refractivity contribution in [2.45, 2.75) is 91.0 Å². The van der Waals surface area contributed by atoms with Gasteiger partial charge in [0.1, 0.15) is 11.4 Å². The number of methoxy groups -OCH3 is 1. The average molecular weight is 519 g/mol. The smallest absolute Gasteiger partial charge is 0.435 e. The SMILES string of the molecule is COc1ccc(Cn2c(C)cc(C(=O)N(C3CC3)C3CCc4nn(C(=O)OC(C)(C)C)cc4C3)c2C)cc1. The van der Waals surface area contributed by atoms with Crippen molar-refractivity contribution >= 4 is 12.0 Å². The highest BCUT2D eigenvalue weighted by atomic mass is 16.6. The van der Waals surface area contributed by atoms with Crippen LogP contribution in [0.2, 0.25) is 0 Å². The van der Waals surface area contributed by atoms with E-state index in [0.29, 0.717) is 13.0 Å². The lowest BCUT2D eigenvalue weighted by Gasteiger charge is -2.34. The number of fused-ring (bicyclic) bond motifs is 1. The predicted octanol–water partition coefficient (Wildman–Crippen LogP) is 5.30. The van der Waals surface area contributed by atoms with Gasteiger partial charge in [-0.25, -0.2) is 4.79 Å². The zero-order valence-corrected chi connectivity index (χ0v) is 23.3. The molecule has 1 amide bonds. The topological polar surface area (TPSA) is 78.6 Å². The van der Waals surface area contributed by atoms with Crippen molar-refractivity contribution in [3.05, 3.63) is 70.3 Å². The summed E-state index contributed by atoms with van der Waals surface area (Å²) in [6.07, 6.45) is 5.67. The molecule has 202 valence electrons. The molecule has 2 aliphatic carbocycles. The number of benzene rings is 1. The molecule has 0 bridgehead atoms. The van der Waals surface area contributed by atoms with Crippen molar-refractivity contribution in [1.29, 1.82) is 0 Å². The van der Waals surface area contributed by atoms with Crippen LogP contribution in [-0.4, -0.2) is 56.0 Å². The largest absolute Gasteiger partial charge is 0.497 e. The Morgan fingerprint density at radius 1 is 1.08 bits per heavy atom. The molecule has 1 aromatic carbocycles. The lowest BCUT2D eigenvalue weighted by atomic mass is 9.91. The van der Waals surface area contributed by atoms with Crippen molar-refractivity contribution < 1.29 is 19.1 Å². The van der Waals surface area contributed by atoms with Crippen LogP contribution in [0.1, 0.15) is 78.6 Å².